The minimum Gasteiger partial charge on any atom is -0.299 e. The van der Waals surface area contributed by atoms with Crippen molar-refractivity contribution >= 4 is 17.5 Å². The van der Waals surface area contributed by atoms with E-state index in [2.05, 4.69) is 29.2 Å². The molecule has 2 amide bonds. The predicted molar refractivity (Wildman–Crippen MR) is 108 cm³/mol. The summed E-state index contributed by atoms with van der Waals surface area (Å²) in [6, 6.07) is 14.3. The van der Waals surface area contributed by atoms with E-state index in [0.29, 0.717) is 12.5 Å². The van der Waals surface area contributed by atoms with E-state index in [1.807, 2.05) is 6.07 Å². The molecule has 29 heavy (non-hydrogen) atoms. The van der Waals surface area contributed by atoms with Crippen molar-refractivity contribution in [1.29, 1.82) is 0 Å². The number of hydrogen-bond acceptors (Lipinski definition) is 5. The molecule has 1 saturated heterocycles. The van der Waals surface area contributed by atoms with E-state index >= 15 is 0 Å². The largest absolute Gasteiger partial charge is 0.299 e. The topological polar surface area (TPSA) is 83.8 Å². The molecule has 2 aromatic carbocycles. The van der Waals surface area contributed by atoms with Crippen LogP contribution in [-0.4, -0.2) is 46.2 Å². The van der Waals surface area contributed by atoms with Crippen LogP contribution in [0, 0.1) is 16.0 Å². The number of rotatable bonds is 6. The summed E-state index contributed by atoms with van der Waals surface area (Å²) in [7, 11) is 0. The Morgan fingerprint density at radius 1 is 0.966 bits per heavy atom. The second kappa shape index (κ2) is 8.13. The second-order valence-corrected chi connectivity index (χ2v) is 7.74. The van der Waals surface area contributed by atoms with Crippen LogP contribution in [0.2, 0.25) is 0 Å². The number of likely N-dealkylation sites (tertiary alicyclic amines) is 1. The van der Waals surface area contributed by atoms with Crippen molar-refractivity contribution in [3.63, 3.8) is 0 Å². The smallest absolute Gasteiger partial charge is 0.270 e. The van der Waals surface area contributed by atoms with Crippen LogP contribution in [0.4, 0.5) is 5.69 Å². The van der Waals surface area contributed by atoms with E-state index in [0.717, 1.165) is 38.9 Å². The van der Waals surface area contributed by atoms with Gasteiger partial charge in [-0.25, -0.2) is 0 Å². The first kappa shape index (κ1) is 19.3. The zero-order chi connectivity index (χ0) is 20.4. The number of hydrogen-bond donors (Lipinski definition) is 0. The highest BCUT2D eigenvalue weighted by molar-refractivity contribution is 6.21. The molecule has 0 aliphatic carbocycles. The monoisotopic (exact) mass is 393 g/mol. The van der Waals surface area contributed by atoms with Crippen LogP contribution < -0.4 is 0 Å². The SMILES string of the molecule is O=C1c2ccc([N+](=O)[O-])cc2C(=O)N1CCC1CCN(Cc2ccccc2)CC1. The number of carbonyl (C=O) groups is 2. The fourth-order valence-corrected chi connectivity index (χ4v) is 4.18. The van der Waals surface area contributed by atoms with E-state index in [1.165, 1.54) is 28.7 Å². The standard InChI is InChI=1S/C22H23N3O4/c26-21-19-7-6-18(25(28)29)14-20(19)22(27)24(21)13-10-16-8-11-23(12-9-16)15-17-4-2-1-3-5-17/h1-7,14,16H,8-13,15H2. The minimum absolute atomic E-state index is 0.141. The van der Waals surface area contributed by atoms with Gasteiger partial charge in [-0.15, -0.1) is 0 Å². The van der Waals surface area contributed by atoms with Crippen molar-refractivity contribution < 1.29 is 14.5 Å². The molecule has 0 saturated carbocycles. The van der Waals surface area contributed by atoms with Crippen molar-refractivity contribution in [2.45, 2.75) is 25.8 Å². The average molecular weight is 393 g/mol. The summed E-state index contributed by atoms with van der Waals surface area (Å²) >= 11 is 0. The number of fused-ring (bicyclic) bond motifs is 1. The van der Waals surface area contributed by atoms with Crippen molar-refractivity contribution in [3.05, 3.63) is 75.3 Å². The minimum atomic E-state index is -0.552. The van der Waals surface area contributed by atoms with Crippen molar-refractivity contribution in [2.24, 2.45) is 5.92 Å². The molecule has 4 rings (SSSR count). The van der Waals surface area contributed by atoms with E-state index in [-0.39, 0.29) is 22.7 Å². The number of non-ortho nitro benzene ring substituents is 1. The third kappa shape index (κ3) is 4.05. The summed E-state index contributed by atoms with van der Waals surface area (Å²) in [5.41, 5.74) is 1.55. The third-order valence-corrected chi connectivity index (χ3v) is 5.88. The molecule has 0 spiro atoms. The summed E-state index contributed by atoms with van der Waals surface area (Å²) in [6.07, 6.45) is 2.86. The lowest BCUT2D eigenvalue weighted by Crippen LogP contribution is -2.36. The fourth-order valence-electron chi connectivity index (χ4n) is 4.18. The summed E-state index contributed by atoms with van der Waals surface area (Å²) in [5, 5.41) is 10.9. The molecular weight excluding hydrogens is 370 g/mol. The van der Waals surface area contributed by atoms with E-state index < -0.39 is 10.8 Å². The van der Waals surface area contributed by atoms with E-state index in [9.17, 15) is 19.7 Å². The van der Waals surface area contributed by atoms with Gasteiger partial charge in [0.1, 0.15) is 0 Å². The zero-order valence-electron chi connectivity index (χ0n) is 16.1. The number of benzene rings is 2. The molecule has 0 bridgehead atoms. The van der Waals surface area contributed by atoms with Gasteiger partial charge in [0.2, 0.25) is 0 Å². The lowest BCUT2D eigenvalue weighted by atomic mass is 9.93. The van der Waals surface area contributed by atoms with Crippen LogP contribution in [0.25, 0.3) is 0 Å². The first-order chi connectivity index (χ1) is 14.0. The van der Waals surface area contributed by atoms with Gasteiger partial charge in [0.25, 0.3) is 17.5 Å². The lowest BCUT2D eigenvalue weighted by Gasteiger charge is -2.32. The quantitative estimate of drug-likeness (QED) is 0.426. The van der Waals surface area contributed by atoms with Gasteiger partial charge >= 0.3 is 0 Å². The van der Waals surface area contributed by atoms with Crippen molar-refractivity contribution in [1.82, 2.24) is 9.80 Å². The molecule has 0 atom stereocenters. The molecule has 7 nitrogen and oxygen atoms in total. The fraction of sp³-hybridized carbons (Fsp3) is 0.364. The van der Waals surface area contributed by atoms with Gasteiger partial charge in [0.05, 0.1) is 16.1 Å². The summed E-state index contributed by atoms with van der Waals surface area (Å²) in [6.45, 7) is 3.33. The first-order valence-electron chi connectivity index (χ1n) is 9.94. The zero-order valence-corrected chi connectivity index (χ0v) is 16.1. The maximum Gasteiger partial charge on any atom is 0.270 e. The van der Waals surface area contributed by atoms with Crippen LogP contribution >= 0.6 is 0 Å². The van der Waals surface area contributed by atoms with Gasteiger partial charge in [0.15, 0.2) is 0 Å². The predicted octanol–water partition coefficient (Wildman–Crippen LogP) is 3.49. The highest BCUT2D eigenvalue weighted by atomic mass is 16.6. The van der Waals surface area contributed by atoms with Gasteiger partial charge < -0.3 is 0 Å². The molecule has 0 unspecified atom stereocenters. The molecular formula is C22H23N3O4. The van der Waals surface area contributed by atoms with Gasteiger partial charge in [-0.05, 0) is 49.9 Å². The molecule has 0 radical (unpaired) electrons. The van der Waals surface area contributed by atoms with Crippen LogP contribution in [0.3, 0.4) is 0 Å². The van der Waals surface area contributed by atoms with Crippen molar-refractivity contribution in [3.8, 4) is 0 Å². The maximum atomic E-state index is 12.6. The van der Waals surface area contributed by atoms with Crippen LogP contribution in [-0.2, 0) is 6.54 Å². The number of piperidine rings is 1. The Balaban J connectivity index is 1.30. The number of imide groups is 1. The molecule has 150 valence electrons. The number of amides is 2. The Hall–Kier alpha value is -3.06. The maximum absolute atomic E-state index is 12.6. The summed E-state index contributed by atoms with van der Waals surface area (Å²) in [4.78, 5) is 39.2. The van der Waals surface area contributed by atoms with Crippen LogP contribution in [0.1, 0.15) is 45.5 Å². The Kier molecular flexibility index (Phi) is 5.40. The summed E-state index contributed by atoms with van der Waals surface area (Å²) in [5.74, 6) is -0.294. The van der Waals surface area contributed by atoms with Gasteiger partial charge in [-0.2, -0.15) is 0 Å². The van der Waals surface area contributed by atoms with Gasteiger partial charge in [-0.1, -0.05) is 30.3 Å². The first-order valence-corrected chi connectivity index (χ1v) is 9.94. The molecule has 7 heteroatoms. The molecule has 2 aliphatic rings. The van der Waals surface area contributed by atoms with E-state index in [4.69, 9.17) is 0 Å². The molecule has 1 fully saturated rings. The van der Waals surface area contributed by atoms with E-state index in [1.54, 1.807) is 0 Å². The Bertz CT molecular complexity index is 936. The van der Waals surface area contributed by atoms with Crippen LogP contribution in [0.5, 0.6) is 0 Å². The van der Waals surface area contributed by atoms with Gasteiger partial charge in [0, 0.05) is 25.2 Å². The number of carbonyl (C=O) groups excluding carboxylic acids is 2. The Labute approximate surface area is 169 Å². The molecule has 2 aromatic rings. The van der Waals surface area contributed by atoms with Crippen molar-refractivity contribution in [2.75, 3.05) is 19.6 Å². The molecule has 0 aromatic heterocycles. The highest BCUT2D eigenvalue weighted by Crippen LogP contribution is 2.28. The normalized spacial score (nSPS) is 17.6. The Morgan fingerprint density at radius 2 is 1.66 bits per heavy atom. The molecule has 0 N–H and O–H groups in total. The molecule has 2 aliphatic heterocycles. The second-order valence-electron chi connectivity index (χ2n) is 7.74. The van der Waals surface area contributed by atoms with Gasteiger partial charge in [-0.3, -0.25) is 29.5 Å². The number of nitrogens with zero attached hydrogens (tertiary/aromatic N) is 3. The number of nitro benzene ring substituents is 1. The lowest BCUT2D eigenvalue weighted by molar-refractivity contribution is -0.384. The van der Waals surface area contributed by atoms with Crippen LogP contribution in [0.15, 0.2) is 48.5 Å². The number of nitro groups is 1. The third-order valence-electron chi connectivity index (χ3n) is 5.88. The highest BCUT2D eigenvalue weighted by Gasteiger charge is 2.37. The molecule has 2 heterocycles. The Morgan fingerprint density at radius 3 is 2.34 bits per heavy atom. The average Bonchev–Trinajstić information content (AvgIpc) is 2.98. The summed E-state index contributed by atoms with van der Waals surface area (Å²) < 4.78 is 0.